The van der Waals surface area contributed by atoms with E-state index < -0.39 is 0 Å². The lowest BCUT2D eigenvalue weighted by Crippen LogP contribution is -2.03. The molecule has 20 heavy (non-hydrogen) atoms. The number of rotatable bonds is 4. The SMILES string of the molecule is Cc1cc(C)c(COc2ccc(F)cc2CO)c(C)c1. The largest absolute Gasteiger partial charge is 0.489 e. The molecular weight excluding hydrogens is 255 g/mol. The number of aliphatic hydroxyl groups is 1. The number of aliphatic hydroxyl groups excluding tert-OH is 1. The molecule has 0 atom stereocenters. The van der Waals surface area contributed by atoms with Crippen LogP contribution in [0.5, 0.6) is 5.75 Å². The van der Waals surface area contributed by atoms with Crippen LogP contribution in [0.1, 0.15) is 27.8 Å². The number of benzene rings is 2. The Bertz CT molecular complexity index is 597. The molecule has 0 aromatic heterocycles. The Morgan fingerprint density at radius 3 is 2.30 bits per heavy atom. The van der Waals surface area contributed by atoms with Crippen molar-refractivity contribution >= 4 is 0 Å². The molecular formula is C17H19FO2. The highest BCUT2D eigenvalue weighted by atomic mass is 19.1. The van der Waals surface area contributed by atoms with Crippen LogP contribution < -0.4 is 4.74 Å². The summed E-state index contributed by atoms with van der Waals surface area (Å²) in [7, 11) is 0. The lowest BCUT2D eigenvalue weighted by atomic mass is 10.0. The lowest BCUT2D eigenvalue weighted by Gasteiger charge is -2.14. The summed E-state index contributed by atoms with van der Waals surface area (Å²) in [6.45, 7) is 6.34. The van der Waals surface area contributed by atoms with Gasteiger partial charge in [0.1, 0.15) is 18.2 Å². The van der Waals surface area contributed by atoms with Crippen LogP contribution in [0.15, 0.2) is 30.3 Å². The smallest absolute Gasteiger partial charge is 0.125 e. The number of halogens is 1. The van der Waals surface area contributed by atoms with Gasteiger partial charge in [0, 0.05) is 5.56 Å². The third-order valence-corrected chi connectivity index (χ3v) is 3.41. The van der Waals surface area contributed by atoms with E-state index >= 15 is 0 Å². The van der Waals surface area contributed by atoms with E-state index in [2.05, 4.69) is 32.9 Å². The summed E-state index contributed by atoms with van der Waals surface area (Å²) in [5.41, 5.74) is 5.17. The van der Waals surface area contributed by atoms with Gasteiger partial charge in [-0.2, -0.15) is 0 Å². The molecule has 0 saturated carbocycles. The minimum absolute atomic E-state index is 0.237. The van der Waals surface area contributed by atoms with Gasteiger partial charge in [0.2, 0.25) is 0 Å². The van der Waals surface area contributed by atoms with Gasteiger partial charge >= 0.3 is 0 Å². The fourth-order valence-corrected chi connectivity index (χ4v) is 2.40. The second kappa shape index (κ2) is 6.06. The zero-order valence-electron chi connectivity index (χ0n) is 12.0. The molecule has 2 aromatic rings. The fourth-order valence-electron chi connectivity index (χ4n) is 2.40. The maximum atomic E-state index is 13.1. The summed E-state index contributed by atoms with van der Waals surface area (Å²) in [5, 5.41) is 9.24. The van der Waals surface area contributed by atoms with E-state index in [0.29, 0.717) is 17.9 Å². The first-order valence-corrected chi connectivity index (χ1v) is 6.60. The number of hydrogen-bond acceptors (Lipinski definition) is 2. The average Bonchev–Trinajstić information content (AvgIpc) is 2.38. The lowest BCUT2D eigenvalue weighted by molar-refractivity contribution is 0.257. The zero-order chi connectivity index (χ0) is 14.7. The first-order valence-electron chi connectivity index (χ1n) is 6.60. The highest BCUT2D eigenvalue weighted by molar-refractivity contribution is 5.38. The van der Waals surface area contributed by atoms with E-state index in [1.807, 2.05) is 0 Å². The molecule has 2 aromatic carbocycles. The van der Waals surface area contributed by atoms with Crippen LogP contribution in [-0.4, -0.2) is 5.11 Å². The Morgan fingerprint density at radius 2 is 1.70 bits per heavy atom. The van der Waals surface area contributed by atoms with Gasteiger partial charge in [-0.15, -0.1) is 0 Å². The van der Waals surface area contributed by atoms with Crippen LogP contribution in [0.25, 0.3) is 0 Å². The summed E-state index contributed by atoms with van der Waals surface area (Å²) in [4.78, 5) is 0. The van der Waals surface area contributed by atoms with Crippen LogP contribution >= 0.6 is 0 Å². The molecule has 0 radical (unpaired) electrons. The summed E-state index contributed by atoms with van der Waals surface area (Å²) >= 11 is 0. The minimum Gasteiger partial charge on any atom is -0.489 e. The molecule has 0 aliphatic heterocycles. The molecule has 0 fully saturated rings. The molecule has 0 heterocycles. The Balaban J connectivity index is 2.21. The summed E-state index contributed by atoms with van der Waals surface area (Å²) in [6, 6.07) is 8.42. The first kappa shape index (κ1) is 14.5. The van der Waals surface area contributed by atoms with Crippen molar-refractivity contribution in [1.29, 1.82) is 0 Å². The molecule has 106 valence electrons. The normalized spacial score (nSPS) is 10.7. The van der Waals surface area contributed by atoms with E-state index in [1.54, 1.807) is 6.07 Å². The van der Waals surface area contributed by atoms with Crippen molar-refractivity contribution in [2.45, 2.75) is 34.0 Å². The topological polar surface area (TPSA) is 29.5 Å². The third-order valence-electron chi connectivity index (χ3n) is 3.41. The predicted octanol–water partition coefficient (Wildman–Crippen LogP) is 3.82. The van der Waals surface area contributed by atoms with Crippen LogP contribution in [0.4, 0.5) is 4.39 Å². The molecule has 0 saturated heterocycles. The van der Waals surface area contributed by atoms with Gasteiger partial charge in [0.05, 0.1) is 6.61 Å². The zero-order valence-corrected chi connectivity index (χ0v) is 12.0. The number of aryl methyl sites for hydroxylation is 3. The molecule has 2 rings (SSSR count). The van der Waals surface area contributed by atoms with E-state index in [1.165, 1.54) is 28.8 Å². The molecule has 0 aliphatic carbocycles. The van der Waals surface area contributed by atoms with Crippen molar-refractivity contribution in [2.24, 2.45) is 0 Å². The monoisotopic (exact) mass is 274 g/mol. The molecule has 3 heteroatoms. The van der Waals surface area contributed by atoms with Crippen molar-refractivity contribution < 1.29 is 14.2 Å². The summed E-state index contributed by atoms with van der Waals surface area (Å²) in [6.07, 6.45) is 0. The van der Waals surface area contributed by atoms with E-state index in [9.17, 15) is 9.50 Å². The van der Waals surface area contributed by atoms with E-state index in [0.717, 1.165) is 5.56 Å². The Kier molecular flexibility index (Phi) is 4.40. The second-order valence-electron chi connectivity index (χ2n) is 5.08. The Hall–Kier alpha value is -1.87. The molecule has 0 spiro atoms. The predicted molar refractivity (Wildman–Crippen MR) is 77.3 cm³/mol. The van der Waals surface area contributed by atoms with E-state index in [4.69, 9.17) is 4.74 Å². The molecule has 1 N–H and O–H groups in total. The van der Waals surface area contributed by atoms with Crippen molar-refractivity contribution in [1.82, 2.24) is 0 Å². The van der Waals surface area contributed by atoms with Crippen LogP contribution in [0.2, 0.25) is 0 Å². The quantitative estimate of drug-likeness (QED) is 0.918. The van der Waals surface area contributed by atoms with Gasteiger partial charge < -0.3 is 9.84 Å². The fraction of sp³-hybridized carbons (Fsp3) is 0.294. The third kappa shape index (κ3) is 3.17. The molecule has 0 aliphatic rings. The van der Waals surface area contributed by atoms with Crippen LogP contribution in [0, 0.1) is 26.6 Å². The number of ether oxygens (including phenoxy) is 1. The maximum Gasteiger partial charge on any atom is 0.125 e. The van der Waals surface area contributed by atoms with Crippen LogP contribution in [0.3, 0.4) is 0 Å². The highest BCUT2D eigenvalue weighted by Gasteiger charge is 2.08. The van der Waals surface area contributed by atoms with Gasteiger partial charge in [0.15, 0.2) is 0 Å². The van der Waals surface area contributed by atoms with Crippen molar-refractivity contribution in [3.8, 4) is 5.75 Å². The standard InChI is InChI=1S/C17H19FO2/c1-11-6-12(2)16(13(3)7-11)10-20-17-5-4-15(18)8-14(17)9-19/h4-8,19H,9-10H2,1-3H3. The van der Waals surface area contributed by atoms with Crippen molar-refractivity contribution in [3.63, 3.8) is 0 Å². The molecule has 2 nitrogen and oxygen atoms in total. The molecule has 0 bridgehead atoms. The van der Waals surface area contributed by atoms with Gasteiger partial charge in [-0.3, -0.25) is 0 Å². The summed E-state index contributed by atoms with van der Waals surface area (Å²) in [5.74, 6) is 0.150. The van der Waals surface area contributed by atoms with Crippen LogP contribution in [-0.2, 0) is 13.2 Å². The minimum atomic E-state index is -0.371. The van der Waals surface area contributed by atoms with Crippen molar-refractivity contribution in [3.05, 3.63) is 64.0 Å². The highest BCUT2D eigenvalue weighted by Crippen LogP contribution is 2.23. The van der Waals surface area contributed by atoms with Gasteiger partial charge in [0.25, 0.3) is 0 Å². The van der Waals surface area contributed by atoms with Gasteiger partial charge in [-0.1, -0.05) is 17.7 Å². The Labute approximate surface area is 118 Å². The second-order valence-corrected chi connectivity index (χ2v) is 5.08. The number of hydrogen-bond donors (Lipinski definition) is 1. The van der Waals surface area contributed by atoms with Gasteiger partial charge in [-0.05, 0) is 55.7 Å². The first-order chi connectivity index (χ1) is 9.51. The summed E-state index contributed by atoms with van der Waals surface area (Å²) < 4.78 is 18.8. The van der Waals surface area contributed by atoms with Gasteiger partial charge in [-0.25, -0.2) is 4.39 Å². The van der Waals surface area contributed by atoms with Crippen molar-refractivity contribution in [2.75, 3.05) is 0 Å². The van der Waals surface area contributed by atoms with E-state index in [-0.39, 0.29) is 12.4 Å². The maximum absolute atomic E-state index is 13.1. The average molecular weight is 274 g/mol. The molecule has 0 unspecified atom stereocenters. The molecule has 0 amide bonds. The Morgan fingerprint density at radius 1 is 1.05 bits per heavy atom.